The number of rotatable bonds is 10. The Morgan fingerprint density at radius 1 is 1.19 bits per heavy atom. The third-order valence-corrected chi connectivity index (χ3v) is 4.46. The van der Waals surface area contributed by atoms with E-state index in [1.165, 1.54) is 18.4 Å². The highest BCUT2D eigenvalue weighted by molar-refractivity contribution is 7.98. The SMILES string of the molecule is CCNC(=NCc1cccc(NC(=O)c2ccco2)c1)NCCCCSC. The van der Waals surface area contributed by atoms with Gasteiger partial charge in [-0.2, -0.15) is 11.8 Å². The predicted molar refractivity (Wildman–Crippen MR) is 114 cm³/mol. The van der Waals surface area contributed by atoms with Gasteiger partial charge in [0.1, 0.15) is 0 Å². The monoisotopic (exact) mass is 388 g/mol. The van der Waals surface area contributed by atoms with Crippen molar-refractivity contribution in [2.45, 2.75) is 26.3 Å². The van der Waals surface area contributed by atoms with Crippen molar-refractivity contribution in [2.75, 3.05) is 30.4 Å². The highest BCUT2D eigenvalue weighted by Gasteiger charge is 2.08. The van der Waals surface area contributed by atoms with Gasteiger partial charge in [-0.3, -0.25) is 4.79 Å². The van der Waals surface area contributed by atoms with Gasteiger partial charge >= 0.3 is 0 Å². The van der Waals surface area contributed by atoms with E-state index in [9.17, 15) is 4.79 Å². The summed E-state index contributed by atoms with van der Waals surface area (Å²) in [5.41, 5.74) is 1.74. The fraction of sp³-hybridized carbons (Fsp3) is 0.400. The Labute approximate surface area is 165 Å². The zero-order valence-electron chi connectivity index (χ0n) is 16.0. The molecular formula is C20H28N4O2S. The van der Waals surface area contributed by atoms with Crippen molar-refractivity contribution >= 4 is 29.3 Å². The van der Waals surface area contributed by atoms with Gasteiger partial charge in [0.2, 0.25) is 0 Å². The van der Waals surface area contributed by atoms with E-state index in [0.29, 0.717) is 12.3 Å². The van der Waals surface area contributed by atoms with E-state index in [-0.39, 0.29) is 5.91 Å². The molecule has 146 valence electrons. The molecule has 0 saturated heterocycles. The van der Waals surface area contributed by atoms with Gasteiger partial charge in [-0.25, -0.2) is 4.99 Å². The van der Waals surface area contributed by atoms with Crippen LogP contribution in [0.15, 0.2) is 52.1 Å². The molecule has 7 heteroatoms. The molecule has 1 aromatic heterocycles. The van der Waals surface area contributed by atoms with Crippen LogP contribution in [0.1, 0.15) is 35.9 Å². The third-order valence-electron chi connectivity index (χ3n) is 3.76. The fourth-order valence-corrected chi connectivity index (χ4v) is 2.93. The number of anilines is 1. The van der Waals surface area contributed by atoms with Crippen molar-refractivity contribution in [2.24, 2.45) is 4.99 Å². The van der Waals surface area contributed by atoms with Crippen LogP contribution >= 0.6 is 11.8 Å². The number of hydrogen-bond acceptors (Lipinski definition) is 4. The topological polar surface area (TPSA) is 78.7 Å². The number of nitrogens with one attached hydrogen (secondary N) is 3. The van der Waals surface area contributed by atoms with Crippen molar-refractivity contribution < 1.29 is 9.21 Å². The number of carbonyl (C=O) groups excluding carboxylic acids is 1. The van der Waals surface area contributed by atoms with Gasteiger partial charge in [0, 0.05) is 18.8 Å². The van der Waals surface area contributed by atoms with Gasteiger partial charge in [-0.05, 0) is 61.6 Å². The smallest absolute Gasteiger partial charge is 0.291 e. The van der Waals surface area contributed by atoms with Gasteiger partial charge in [0.25, 0.3) is 5.91 Å². The number of unbranched alkanes of at least 4 members (excludes halogenated alkanes) is 1. The third kappa shape index (κ3) is 7.78. The maximum atomic E-state index is 12.1. The second-order valence-corrected chi connectivity index (χ2v) is 6.94. The van der Waals surface area contributed by atoms with Crippen LogP contribution in [0.4, 0.5) is 5.69 Å². The van der Waals surface area contributed by atoms with Crippen molar-refractivity contribution in [1.29, 1.82) is 0 Å². The number of guanidine groups is 1. The van der Waals surface area contributed by atoms with Gasteiger partial charge < -0.3 is 20.4 Å². The molecule has 6 nitrogen and oxygen atoms in total. The number of nitrogens with zero attached hydrogens (tertiary/aromatic N) is 1. The Hall–Kier alpha value is -2.41. The van der Waals surface area contributed by atoms with Crippen molar-refractivity contribution in [3.63, 3.8) is 0 Å². The summed E-state index contributed by atoms with van der Waals surface area (Å²) in [7, 11) is 0. The van der Waals surface area contributed by atoms with Crippen LogP contribution in [0.5, 0.6) is 0 Å². The first-order valence-electron chi connectivity index (χ1n) is 9.18. The number of carbonyl (C=O) groups is 1. The summed E-state index contributed by atoms with van der Waals surface area (Å²) in [5.74, 6) is 2.03. The Morgan fingerprint density at radius 3 is 2.81 bits per heavy atom. The summed E-state index contributed by atoms with van der Waals surface area (Å²) in [4.78, 5) is 16.7. The van der Waals surface area contributed by atoms with Crippen LogP contribution in [0.2, 0.25) is 0 Å². The fourth-order valence-electron chi connectivity index (χ4n) is 2.44. The molecular weight excluding hydrogens is 360 g/mol. The Kier molecular flexibility index (Phi) is 9.34. The quantitative estimate of drug-likeness (QED) is 0.328. The van der Waals surface area contributed by atoms with E-state index in [4.69, 9.17) is 4.42 Å². The Bertz CT molecular complexity index is 717. The van der Waals surface area contributed by atoms with Gasteiger partial charge in [-0.15, -0.1) is 0 Å². The number of hydrogen-bond donors (Lipinski definition) is 3. The Morgan fingerprint density at radius 2 is 2.07 bits per heavy atom. The minimum absolute atomic E-state index is 0.263. The molecule has 1 aromatic carbocycles. The second kappa shape index (κ2) is 12.1. The molecule has 1 amide bonds. The predicted octanol–water partition coefficient (Wildman–Crippen LogP) is 3.73. The van der Waals surface area contributed by atoms with Crippen LogP contribution in [-0.4, -0.2) is 37.0 Å². The molecule has 0 unspecified atom stereocenters. The molecule has 3 N–H and O–H groups in total. The molecule has 0 aliphatic heterocycles. The van der Waals surface area contributed by atoms with Gasteiger partial charge in [0.15, 0.2) is 11.7 Å². The van der Waals surface area contributed by atoms with E-state index >= 15 is 0 Å². The minimum Gasteiger partial charge on any atom is -0.459 e. The first kappa shape index (κ1) is 20.9. The largest absolute Gasteiger partial charge is 0.459 e. The highest BCUT2D eigenvalue weighted by atomic mass is 32.2. The molecule has 0 aliphatic rings. The summed E-state index contributed by atoms with van der Waals surface area (Å²) >= 11 is 1.87. The van der Waals surface area contributed by atoms with E-state index in [2.05, 4.69) is 34.1 Å². The van der Waals surface area contributed by atoms with E-state index in [1.807, 2.05) is 36.0 Å². The van der Waals surface area contributed by atoms with Crippen LogP contribution < -0.4 is 16.0 Å². The molecule has 2 rings (SSSR count). The summed E-state index contributed by atoms with van der Waals surface area (Å²) in [6, 6.07) is 11.0. The molecule has 1 heterocycles. The zero-order valence-corrected chi connectivity index (χ0v) is 16.8. The molecule has 0 saturated carbocycles. The lowest BCUT2D eigenvalue weighted by molar-refractivity contribution is 0.0996. The first-order chi connectivity index (χ1) is 13.2. The normalized spacial score (nSPS) is 11.3. The van der Waals surface area contributed by atoms with E-state index in [0.717, 1.165) is 36.7 Å². The van der Waals surface area contributed by atoms with Crippen molar-refractivity contribution in [3.05, 3.63) is 54.0 Å². The van der Waals surface area contributed by atoms with Gasteiger partial charge in [-0.1, -0.05) is 12.1 Å². The van der Waals surface area contributed by atoms with E-state index in [1.54, 1.807) is 12.1 Å². The van der Waals surface area contributed by atoms with Gasteiger partial charge in [0.05, 0.1) is 12.8 Å². The molecule has 27 heavy (non-hydrogen) atoms. The van der Waals surface area contributed by atoms with Crippen LogP contribution in [-0.2, 0) is 6.54 Å². The number of thioether (sulfide) groups is 1. The van der Waals surface area contributed by atoms with Crippen molar-refractivity contribution in [3.8, 4) is 0 Å². The number of benzene rings is 1. The maximum absolute atomic E-state index is 12.1. The summed E-state index contributed by atoms with van der Waals surface area (Å²) in [5, 5.41) is 9.46. The molecule has 2 aromatic rings. The van der Waals surface area contributed by atoms with Crippen molar-refractivity contribution in [1.82, 2.24) is 10.6 Å². The molecule has 0 aliphatic carbocycles. The first-order valence-corrected chi connectivity index (χ1v) is 10.6. The van der Waals surface area contributed by atoms with Crippen LogP contribution in [0.25, 0.3) is 0 Å². The zero-order chi connectivity index (χ0) is 19.3. The lowest BCUT2D eigenvalue weighted by Gasteiger charge is -2.11. The Balaban J connectivity index is 1.90. The maximum Gasteiger partial charge on any atom is 0.291 e. The molecule has 0 spiro atoms. The average molecular weight is 389 g/mol. The summed E-state index contributed by atoms with van der Waals surface area (Å²) < 4.78 is 5.11. The van der Waals surface area contributed by atoms with Crippen LogP contribution in [0.3, 0.4) is 0 Å². The molecule has 0 bridgehead atoms. The molecule has 0 radical (unpaired) electrons. The van der Waals surface area contributed by atoms with E-state index < -0.39 is 0 Å². The molecule has 0 fully saturated rings. The minimum atomic E-state index is -0.263. The number of amides is 1. The van der Waals surface area contributed by atoms with Crippen LogP contribution in [0, 0.1) is 0 Å². The second-order valence-electron chi connectivity index (χ2n) is 5.95. The highest BCUT2D eigenvalue weighted by Crippen LogP contribution is 2.13. The number of aliphatic imine (C=N–C) groups is 1. The summed E-state index contributed by atoms with van der Waals surface area (Å²) in [6.45, 7) is 4.31. The number of furan rings is 1. The lowest BCUT2D eigenvalue weighted by Crippen LogP contribution is -2.37. The molecule has 0 atom stereocenters. The lowest BCUT2D eigenvalue weighted by atomic mass is 10.2. The summed E-state index contributed by atoms with van der Waals surface area (Å²) in [6.07, 6.45) is 5.94. The average Bonchev–Trinajstić information content (AvgIpc) is 3.21. The standard InChI is InChI=1S/C20H28N4O2S/c1-3-21-20(22-11-4-5-13-27-2)23-15-16-8-6-9-17(14-16)24-19(25)18-10-7-12-26-18/h6-10,12,14H,3-5,11,13,15H2,1-2H3,(H,24,25)(H2,21,22,23).